The number of hydrogen-bond donors (Lipinski definition) is 4. The Morgan fingerprint density at radius 2 is 1.64 bits per heavy atom. The van der Waals surface area contributed by atoms with Crippen molar-refractivity contribution in [1.29, 1.82) is 0 Å². The van der Waals surface area contributed by atoms with Crippen molar-refractivity contribution < 1.29 is 19.8 Å². The Balaban J connectivity index is 0.000000364. The van der Waals surface area contributed by atoms with Gasteiger partial charge in [-0.25, -0.2) is 9.59 Å². The first-order valence-corrected chi connectivity index (χ1v) is 3.89. The van der Waals surface area contributed by atoms with E-state index in [2.05, 4.69) is 18.4 Å². The Bertz CT molecular complexity index is 336. The molecule has 14 heavy (non-hydrogen) atoms. The van der Waals surface area contributed by atoms with Gasteiger partial charge in [0.1, 0.15) is 0 Å². The molecule has 0 bridgehead atoms. The molecule has 0 saturated carbocycles. The number of nitrogens with two attached hydrogens (primary N) is 1. The molecule has 0 atom stereocenters. The largest absolute Gasteiger partial charge is 0.478 e. The number of thiol groups is 1. The number of aromatic carboxylic acids is 1. The van der Waals surface area contributed by atoms with E-state index in [0.717, 1.165) is 0 Å². The molecular weight excluding hydrogens is 206 g/mol. The van der Waals surface area contributed by atoms with Gasteiger partial charge in [0.15, 0.2) is 0 Å². The third kappa shape index (κ3) is 5.04. The Labute approximate surface area is 85.6 Å². The molecule has 0 spiro atoms. The minimum absolute atomic E-state index is 0.242. The second kappa shape index (κ2) is 5.87. The molecule has 0 heterocycles. The molecule has 0 aliphatic heterocycles. The lowest BCUT2D eigenvalue weighted by molar-refractivity contribution is 0.0693. The molecule has 4 N–H and O–H groups in total. The maximum absolute atomic E-state index is 10.4. The van der Waals surface area contributed by atoms with Crippen LogP contribution in [0.5, 0.6) is 0 Å². The summed E-state index contributed by atoms with van der Waals surface area (Å²) in [5.74, 6) is -0.939. The van der Waals surface area contributed by atoms with Crippen molar-refractivity contribution in [3.63, 3.8) is 0 Å². The Hall–Kier alpha value is -1.69. The molecule has 6 heteroatoms. The van der Waals surface area contributed by atoms with Crippen molar-refractivity contribution >= 4 is 24.7 Å². The van der Waals surface area contributed by atoms with E-state index in [4.69, 9.17) is 15.0 Å². The van der Waals surface area contributed by atoms with Crippen molar-refractivity contribution in [1.82, 2.24) is 0 Å². The number of carboxylic acid groups (broad SMARTS) is 2. The summed E-state index contributed by atoms with van der Waals surface area (Å²) >= 11 is 3.96. The minimum atomic E-state index is -1.33. The summed E-state index contributed by atoms with van der Waals surface area (Å²) in [6.07, 6.45) is -1.33. The molecule has 1 aromatic carbocycles. The summed E-state index contributed by atoms with van der Waals surface area (Å²) in [7, 11) is 0. The van der Waals surface area contributed by atoms with Crippen LogP contribution in [0.2, 0.25) is 0 Å². The van der Waals surface area contributed by atoms with Crippen LogP contribution in [-0.4, -0.2) is 22.3 Å². The predicted octanol–water partition coefficient (Wildman–Crippen LogP) is 1.30. The molecule has 0 unspecified atom stereocenters. The Kier molecular flexibility index (Phi) is 5.16. The van der Waals surface area contributed by atoms with Gasteiger partial charge in [-0.1, -0.05) is 12.1 Å². The average Bonchev–Trinajstić information content (AvgIpc) is 2.03. The fourth-order valence-corrected chi connectivity index (χ4v) is 0.911. The minimum Gasteiger partial charge on any atom is -0.478 e. The fraction of sp³-hybridized carbons (Fsp3) is 0. The van der Waals surface area contributed by atoms with Gasteiger partial charge in [0, 0.05) is 4.90 Å². The molecule has 5 nitrogen and oxygen atoms in total. The molecule has 0 aliphatic carbocycles. The van der Waals surface area contributed by atoms with E-state index >= 15 is 0 Å². The van der Waals surface area contributed by atoms with Gasteiger partial charge in [-0.2, -0.15) is 0 Å². The third-order valence-corrected chi connectivity index (χ3v) is 1.52. The van der Waals surface area contributed by atoms with Gasteiger partial charge in [0.25, 0.3) is 0 Å². The first-order valence-electron chi connectivity index (χ1n) is 3.45. The van der Waals surface area contributed by atoms with Crippen LogP contribution in [0, 0.1) is 0 Å². The zero-order chi connectivity index (χ0) is 11.1. The molecule has 0 aliphatic rings. The normalized spacial score (nSPS) is 8.36. The van der Waals surface area contributed by atoms with Gasteiger partial charge in [-0.05, 0) is 12.1 Å². The highest BCUT2D eigenvalue weighted by Gasteiger charge is 2.03. The zero-order valence-electron chi connectivity index (χ0n) is 7.04. The van der Waals surface area contributed by atoms with Crippen molar-refractivity contribution in [2.45, 2.75) is 4.90 Å². The molecule has 76 valence electrons. The highest BCUT2D eigenvalue weighted by Crippen LogP contribution is 2.11. The second-order valence-corrected chi connectivity index (χ2v) is 2.64. The van der Waals surface area contributed by atoms with Crippen LogP contribution in [0.25, 0.3) is 0 Å². The van der Waals surface area contributed by atoms with Crippen molar-refractivity contribution in [3.05, 3.63) is 29.8 Å². The summed E-state index contributed by atoms with van der Waals surface area (Å²) in [6.45, 7) is 0. The van der Waals surface area contributed by atoms with Gasteiger partial charge in [0.2, 0.25) is 0 Å². The van der Waals surface area contributed by atoms with E-state index < -0.39 is 12.1 Å². The first-order chi connectivity index (χ1) is 6.45. The van der Waals surface area contributed by atoms with Crippen LogP contribution in [0.3, 0.4) is 0 Å². The Morgan fingerprint density at radius 3 is 1.93 bits per heavy atom. The van der Waals surface area contributed by atoms with E-state index in [0.29, 0.717) is 4.90 Å². The molecule has 1 rings (SSSR count). The van der Waals surface area contributed by atoms with Gasteiger partial charge in [-0.15, -0.1) is 12.6 Å². The second-order valence-electron chi connectivity index (χ2n) is 2.16. The lowest BCUT2D eigenvalue weighted by Crippen LogP contribution is -2.03. The van der Waals surface area contributed by atoms with Crippen LogP contribution in [0.15, 0.2) is 29.2 Å². The quantitative estimate of drug-likeness (QED) is 0.530. The monoisotopic (exact) mass is 215 g/mol. The van der Waals surface area contributed by atoms with Crippen LogP contribution >= 0.6 is 12.6 Å². The van der Waals surface area contributed by atoms with E-state index in [9.17, 15) is 4.79 Å². The van der Waals surface area contributed by atoms with Crippen LogP contribution in [0.1, 0.15) is 10.4 Å². The maximum atomic E-state index is 10.4. The van der Waals surface area contributed by atoms with Crippen molar-refractivity contribution in [2.24, 2.45) is 5.73 Å². The summed E-state index contributed by atoms with van der Waals surface area (Å²) in [5, 5.41) is 15.7. The van der Waals surface area contributed by atoms with E-state index in [1.165, 1.54) is 6.07 Å². The topological polar surface area (TPSA) is 101 Å². The highest BCUT2D eigenvalue weighted by molar-refractivity contribution is 7.80. The van der Waals surface area contributed by atoms with E-state index in [1.807, 2.05) is 0 Å². The number of benzene rings is 1. The summed E-state index contributed by atoms with van der Waals surface area (Å²) in [5.41, 5.74) is 4.27. The number of rotatable bonds is 1. The number of hydrogen-bond acceptors (Lipinski definition) is 3. The van der Waals surface area contributed by atoms with Crippen LogP contribution in [-0.2, 0) is 0 Å². The van der Waals surface area contributed by atoms with E-state index in [-0.39, 0.29) is 5.56 Å². The smallest absolute Gasteiger partial charge is 0.402 e. The zero-order valence-corrected chi connectivity index (χ0v) is 7.94. The molecule has 0 saturated heterocycles. The predicted molar refractivity (Wildman–Crippen MR) is 52.9 cm³/mol. The number of carbonyl (C=O) groups is 2. The van der Waals surface area contributed by atoms with Crippen molar-refractivity contribution in [2.75, 3.05) is 0 Å². The first kappa shape index (κ1) is 12.3. The molecular formula is C8H9NO4S. The number of primary amides is 1. The standard InChI is InChI=1S/C7H6O2S.CH3NO2/c8-7(9)5-3-1-2-4-6(5)10;2-1(3)4/h1-4,10H,(H,8,9);2H2,(H,3,4). The van der Waals surface area contributed by atoms with Crippen LogP contribution in [0.4, 0.5) is 4.79 Å². The summed E-state index contributed by atoms with van der Waals surface area (Å²) in [6, 6.07) is 6.58. The SMILES string of the molecule is NC(=O)O.O=C(O)c1ccccc1S. The summed E-state index contributed by atoms with van der Waals surface area (Å²) < 4.78 is 0. The van der Waals surface area contributed by atoms with Gasteiger partial charge < -0.3 is 15.9 Å². The maximum Gasteiger partial charge on any atom is 0.402 e. The van der Waals surface area contributed by atoms with Gasteiger partial charge >= 0.3 is 12.1 Å². The molecule has 0 radical (unpaired) electrons. The average molecular weight is 215 g/mol. The van der Waals surface area contributed by atoms with Crippen molar-refractivity contribution in [3.8, 4) is 0 Å². The molecule has 0 fully saturated rings. The van der Waals surface area contributed by atoms with Gasteiger partial charge in [-0.3, -0.25) is 0 Å². The Morgan fingerprint density at radius 1 is 1.21 bits per heavy atom. The molecule has 1 amide bonds. The molecule has 0 aromatic heterocycles. The van der Waals surface area contributed by atoms with E-state index in [1.54, 1.807) is 18.2 Å². The summed E-state index contributed by atoms with van der Waals surface area (Å²) in [4.78, 5) is 19.6. The lowest BCUT2D eigenvalue weighted by atomic mass is 10.2. The number of amides is 1. The highest BCUT2D eigenvalue weighted by atomic mass is 32.1. The third-order valence-electron chi connectivity index (χ3n) is 1.13. The number of carboxylic acids is 1. The fourth-order valence-electron chi connectivity index (χ4n) is 0.654. The van der Waals surface area contributed by atoms with Crippen LogP contribution < -0.4 is 5.73 Å². The van der Waals surface area contributed by atoms with Gasteiger partial charge in [0.05, 0.1) is 5.56 Å². The lowest BCUT2D eigenvalue weighted by Gasteiger charge is -1.95. The molecule has 1 aromatic rings.